The Morgan fingerprint density at radius 1 is 1.00 bits per heavy atom. The minimum absolute atomic E-state index is 0.0439. The Bertz CT molecular complexity index is 733. The minimum atomic E-state index is -0.353. The lowest BCUT2D eigenvalue weighted by Gasteiger charge is -2.34. The van der Waals surface area contributed by atoms with Gasteiger partial charge in [-0.1, -0.05) is 39.0 Å². The van der Waals surface area contributed by atoms with Crippen LogP contribution < -0.4 is 5.32 Å². The van der Waals surface area contributed by atoms with Gasteiger partial charge in [0.05, 0.1) is 0 Å². The first kappa shape index (κ1) is 21.3. The number of carbonyl (C=O) groups excluding carboxylic acids is 3. The van der Waals surface area contributed by atoms with E-state index in [2.05, 4.69) is 5.32 Å². The van der Waals surface area contributed by atoms with Crippen molar-refractivity contribution in [2.24, 2.45) is 5.41 Å². The molecule has 1 aromatic carbocycles. The molecule has 0 aromatic heterocycles. The monoisotopic (exact) mass is 399 g/mol. The summed E-state index contributed by atoms with van der Waals surface area (Å²) in [7, 11) is 0. The van der Waals surface area contributed by atoms with Crippen LogP contribution in [0, 0.1) is 5.41 Å². The van der Waals surface area contributed by atoms with Crippen LogP contribution in [0.1, 0.15) is 63.2 Å². The third-order valence-corrected chi connectivity index (χ3v) is 5.71. The number of nitrogens with one attached hydrogen (secondary N) is 1. The first-order chi connectivity index (χ1) is 13.7. The van der Waals surface area contributed by atoms with Gasteiger partial charge in [0.2, 0.25) is 11.8 Å². The fraction of sp³-hybridized carbons (Fsp3) is 0.609. The summed E-state index contributed by atoms with van der Waals surface area (Å²) in [4.78, 5) is 41.6. The van der Waals surface area contributed by atoms with E-state index in [-0.39, 0.29) is 35.2 Å². The minimum Gasteiger partial charge on any atom is -0.351 e. The van der Waals surface area contributed by atoms with Crippen LogP contribution in [0.5, 0.6) is 0 Å². The molecular formula is C23H33N3O3. The number of hydrogen-bond acceptors (Lipinski definition) is 3. The second-order valence-electron chi connectivity index (χ2n) is 9.42. The summed E-state index contributed by atoms with van der Waals surface area (Å²) in [6.45, 7) is 8.06. The molecule has 2 aliphatic rings. The SMILES string of the molecule is CC(C)(C)CC(=O)N1CCCC1C(=O)NC1CCN(C(=O)c2ccccc2)CC1. The third-order valence-electron chi connectivity index (χ3n) is 5.71. The summed E-state index contributed by atoms with van der Waals surface area (Å²) in [5.41, 5.74) is 0.618. The second kappa shape index (κ2) is 8.97. The zero-order chi connectivity index (χ0) is 21.0. The molecule has 0 saturated carbocycles. The van der Waals surface area contributed by atoms with Crippen LogP contribution in [0.4, 0.5) is 0 Å². The van der Waals surface area contributed by atoms with Crippen molar-refractivity contribution in [1.29, 1.82) is 0 Å². The molecule has 1 atom stereocenters. The van der Waals surface area contributed by atoms with Gasteiger partial charge in [0.25, 0.3) is 5.91 Å². The van der Waals surface area contributed by atoms with Gasteiger partial charge in [-0.05, 0) is 43.2 Å². The predicted molar refractivity (Wildman–Crippen MR) is 112 cm³/mol. The highest BCUT2D eigenvalue weighted by Crippen LogP contribution is 2.25. The number of piperidine rings is 1. The summed E-state index contributed by atoms with van der Waals surface area (Å²) in [6, 6.07) is 9.01. The lowest BCUT2D eigenvalue weighted by molar-refractivity contribution is -0.140. The van der Waals surface area contributed by atoms with E-state index < -0.39 is 0 Å². The molecule has 0 bridgehead atoms. The summed E-state index contributed by atoms with van der Waals surface area (Å²) in [5, 5.41) is 3.14. The summed E-state index contributed by atoms with van der Waals surface area (Å²) in [6.07, 6.45) is 3.54. The zero-order valence-electron chi connectivity index (χ0n) is 17.8. The Kier molecular flexibility index (Phi) is 6.60. The lowest BCUT2D eigenvalue weighted by Crippen LogP contribution is -2.52. The molecule has 1 N–H and O–H groups in total. The van der Waals surface area contributed by atoms with Crippen molar-refractivity contribution >= 4 is 17.7 Å². The van der Waals surface area contributed by atoms with E-state index >= 15 is 0 Å². The molecule has 1 aromatic rings. The Balaban J connectivity index is 1.50. The van der Waals surface area contributed by atoms with Gasteiger partial charge in [-0.2, -0.15) is 0 Å². The highest BCUT2D eigenvalue weighted by atomic mass is 16.2. The fourth-order valence-electron chi connectivity index (χ4n) is 4.18. The second-order valence-corrected chi connectivity index (χ2v) is 9.42. The first-order valence-electron chi connectivity index (χ1n) is 10.7. The van der Waals surface area contributed by atoms with Gasteiger partial charge in [-0.15, -0.1) is 0 Å². The molecule has 1 unspecified atom stereocenters. The molecule has 2 fully saturated rings. The van der Waals surface area contributed by atoms with Gasteiger partial charge in [-0.3, -0.25) is 14.4 Å². The molecule has 0 radical (unpaired) electrons. The molecule has 6 nitrogen and oxygen atoms in total. The van der Waals surface area contributed by atoms with Crippen molar-refractivity contribution in [2.75, 3.05) is 19.6 Å². The number of amides is 3. The van der Waals surface area contributed by atoms with E-state index in [0.717, 1.165) is 25.7 Å². The van der Waals surface area contributed by atoms with E-state index in [0.29, 0.717) is 31.6 Å². The van der Waals surface area contributed by atoms with Gasteiger partial charge in [0.1, 0.15) is 6.04 Å². The number of likely N-dealkylation sites (tertiary alicyclic amines) is 2. The maximum Gasteiger partial charge on any atom is 0.253 e. The molecule has 29 heavy (non-hydrogen) atoms. The van der Waals surface area contributed by atoms with Crippen molar-refractivity contribution in [1.82, 2.24) is 15.1 Å². The van der Waals surface area contributed by atoms with Crippen molar-refractivity contribution in [3.8, 4) is 0 Å². The smallest absolute Gasteiger partial charge is 0.253 e. The average molecular weight is 400 g/mol. The van der Waals surface area contributed by atoms with Gasteiger partial charge < -0.3 is 15.1 Å². The maximum atomic E-state index is 12.8. The maximum absolute atomic E-state index is 12.8. The van der Waals surface area contributed by atoms with Crippen molar-refractivity contribution in [3.63, 3.8) is 0 Å². The standard InChI is InChI=1S/C23H33N3O3/c1-23(2,3)16-20(27)26-13-7-10-19(26)21(28)24-18-11-14-25(15-12-18)22(29)17-8-5-4-6-9-17/h4-6,8-9,18-19H,7,10-16H2,1-3H3,(H,24,28). The van der Waals surface area contributed by atoms with Gasteiger partial charge in [0, 0.05) is 37.7 Å². The molecular weight excluding hydrogens is 366 g/mol. The lowest BCUT2D eigenvalue weighted by atomic mass is 9.91. The Labute approximate surface area is 173 Å². The first-order valence-corrected chi connectivity index (χ1v) is 10.7. The molecule has 158 valence electrons. The van der Waals surface area contributed by atoms with E-state index in [1.807, 2.05) is 56.0 Å². The van der Waals surface area contributed by atoms with Crippen molar-refractivity contribution in [2.45, 2.75) is 65.0 Å². The Hall–Kier alpha value is -2.37. The van der Waals surface area contributed by atoms with E-state index in [4.69, 9.17) is 0 Å². The van der Waals surface area contributed by atoms with Crippen LogP contribution in [-0.4, -0.2) is 59.2 Å². The predicted octanol–water partition coefficient (Wildman–Crippen LogP) is 2.83. The molecule has 3 amide bonds. The summed E-state index contributed by atoms with van der Waals surface area (Å²) >= 11 is 0. The summed E-state index contributed by atoms with van der Waals surface area (Å²) in [5.74, 6) is 0.0705. The molecule has 3 rings (SSSR count). The average Bonchev–Trinajstić information content (AvgIpc) is 3.18. The number of hydrogen-bond donors (Lipinski definition) is 1. The highest BCUT2D eigenvalue weighted by molar-refractivity contribution is 5.94. The van der Waals surface area contributed by atoms with Crippen LogP contribution >= 0.6 is 0 Å². The number of nitrogens with zero attached hydrogens (tertiary/aromatic N) is 2. The van der Waals surface area contributed by atoms with Crippen LogP contribution in [0.25, 0.3) is 0 Å². The Morgan fingerprint density at radius 2 is 1.66 bits per heavy atom. The number of benzene rings is 1. The topological polar surface area (TPSA) is 69.7 Å². The van der Waals surface area contributed by atoms with E-state index in [1.165, 1.54) is 0 Å². The van der Waals surface area contributed by atoms with Gasteiger partial charge >= 0.3 is 0 Å². The van der Waals surface area contributed by atoms with Crippen molar-refractivity contribution in [3.05, 3.63) is 35.9 Å². The highest BCUT2D eigenvalue weighted by Gasteiger charge is 2.36. The molecule has 6 heteroatoms. The molecule has 0 spiro atoms. The van der Waals surface area contributed by atoms with Crippen LogP contribution in [0.15, 0.2) is 30.3 Å². The van der Waals surface area contributed by atoms with Gasteiger partial charge in [-0.25, -0.2) is 0 Å². The van der Waals surface area contributed by atoms with Gasteiger partial charge in [0.15, 0.2) is 0 Å². The van der Waals surface area contributed by atoms with Crippen LogP contribution in [-0.2, 0) is 9.59 Å². The van der Waals surface area contributed by atoms with Crippen molar-refractivity contribution < 1.29 is 14.4 Å². The third kappa shape index (κ3) is 5.58. The van der Waals surface area contributed by atoms with Crippen LogP contribution in [0.2, 0.25) is 0 Å². The zero-order valence-corrected chi connectivity index (χ0v) is 17.8. The quantitative estimate of drug-likeness (QED) is 0.846. The van der Waals surface area contributed by atoms with E-state index in [9.17, 15) is 14.4 Å². The van der Waals surface area contributed by atoms with E-state index in [1.54, 1.807) is 4.90 Å². The van der Waals surface area contributed by atoms with Crippen LogP contribution in [0.3, 0.4) is 0 Å². The number of carbonyl (C=O) groups is 3. The Morgan fingerprint density at radius 3 is 2.28 bits per heavy atom. The molecule has 2 saturated heterocycles. The molecule has 2 heterocycles. The number of rotatable bonds is 4. The fourth-order valence-corrected chi connectivity index (χ4v) is 4.18. The normalized spacial score (nSPS) is 20.6. The summed E-state index contributed by atoms with van der Waals surface area (Å²) < 4.78 is 0. The molecule has 2 aliphatic heterocycles. The molecule has 0 aliphatic carbocycles. The largest absolute Gasteiger partial charge is 0.351 e.